The summed E-state index contributed by atoms with van der Waals surface area (Å²) in [5, 5.41) is 15.9. The lowest BCUT2D eigenvalue weighted by molar-refractivity contribution is 0.689. The Morgan fingerprint density at radius 3 is 2.68 bits per heavy atom. The maximum atomic E-state index is 9.95. The van der Waals surface area contributed by atoms with Crippen LogP contribution in [0.4, 0.5) is 0 Å². The maximum absolute atomic E-state index is 9.95. The van der Waals surface area contributed by atoms with Crippen molar-refractivity contribution in [3.05, 3.63) is 105 Å². The Bertz CT molecular complexity index is 1570. The summed E-state index contributed by atoms with van der Waals surface area (Å²) in [5.41, 5.74) is 6.69. The van der Waals surface area contributed by atoms with Crippen molar-refractivity contribution < 1.29 is 0 Å². The fourth-order valence-corrected chi connectivity index (χ4v) is 4.30. The summed E-state index contributed by atoms with van der Waals surface area (Å²) in [4.78, 5) is 7.88. The van der Waals surface area contributed by atoms with E-state index in [2.05, 4.69) is 16.0 Å². The lowest BCUT2D eigenvalue weighted by Crippen LogP contribution is -2.01. The summed E-state index contributed by atoms with van der Waals surface area (Å²) in [7, 11) is 0. The number of aryl methyl sites for hydroxylation is 1. The van der Waals surface area contributed by atoms with Gasteiger partial charge in [-0.15, -0.1) is 0 Å². The van der Waals surface area contributed by atoms with Crippen LogP contribution in [0.5, 0.6) is 0 Å². The van der Waals surface area contributed by atoms with E-state index < -0.39 is 0 Å². The third kappa shape index (κ3) is 4.47. The summed E-state index contributed by atoms with van der Waals surface area (Å²) >= 11 is 12.4. The highest BCUT2D eigenvalue weighted by atomic mass is 35.5. The van der Waals surface area contributed by atoms with Gasteiger partial charge in [-0.05, 0) is 48.4 Å². The zero-order chi connectivity index (χ0) is 23.7. The molecule has 166 valence electrons. The molecule has 0 aliphatic carbocycles. The number of nitrogens with zero attached hydrogens (tertiary/aromatic N) is 4. The number of hydrogen-bond donors (Lipinski definition) is 1. The summed E-state index contributed by atoms with van der Waals surface area (Å²) in [6, 6.07) is 23.6. The minimum Gasteiger partial charge on any atom is -0.337 e. The molecule has 2 heterocycles. The highest BCUT2D eigenvalue weighted by molar-refractivity contribution is 6.35. The zero-order valence-corrected chi connectivity index (χ0v) is 19.8. The molecule has 0 unspecified atom stereocenters. The number of halogens is 2. The van der Waals surface area contributed by atoms with Gasteiger partial charge in [0.15, 0.2) is 0 Å². The van der Waals surface area contributed by atoms with Gasteiger partial charge in [0.2, 0.25) is 0 Å². The first-order valence-electron chi connectivity index (χ1n) is 10.7. The van der Waals surface area contributed by atoms with Gasteiger partial charge in [-0.25, -0.2) is 4.98 Å². The van der Waals surface area contributed by atoms with E-state index in [1.807, 2.05) is 84.5 Å². The van der Waals surface area contributed by atoms with Crippen molar-refractivity contribution in [2.24, 2.45) is 0 Å². The molecule has 2 aromatic heterocycles. The topological polar surface area (TPSA) is 70.3 Å². The van der Waals surface area contributed by atoms with E-state index in [9.17, 15) is 5.26 Å². The Morgan fingerprint density at radius 1 is 1.09 bits per heavy atom. The normalized spacial score (nSPS) is 11.6. The van der Waals surface area contributed by atoms with Crippen LogP contribution < -0.4 is 0 Å². The smallest absolute Gasteiger partial charge is 0.149 e. The molecule has 0 amide bonds. The number of aromatic nitrogens is 4. The van der Waals surface area contributed by atoms with Crippen LogP contribution in [0.2, 0.25) is 10.0 Å². The molecule has 0 aliphatic rings. The summed E-state index contributed by atoms with van der Waals surface area (Å²) in [5.74, 6) is 0.524. The molecule has 5 nitrogen and oxygen atoms in total. The molecule has 0 bridgehead atoms. The molecule has 0 fully saturated rings. The summed E-state index contributed by atoms with van der Waals surface area (Å²) in [6.45, 7) is 2.49. The molecule has 0 aliphatic heterocycles. The van der Waals surface area contributed by atoms with Crippen molar-refractivity contribution >= 4 is 45.9 Å². The van der Waals surface area contributed by atoms with Crippen molar-refractivity contribution in [3.63, 3.8) is 0 Å². The molecular weight excluding hydrogens is 465 g/mol. The van der Waals surface area contributed by atoms with E-state index in [0.29, 0.717) is 28.0 Å². The van der Waals surface area contributed by atoms with Gasteiger partial charge in [0, 0.05) is 27.4 Å². The number of nitrogens with one attached hydrogen (secondary N) is 1. The molecule has 0 saturated heterocycles. The van der Waals surface area contributed by atoms with Crippen molar-refractivity contribution in [2.45, 2.75) is 13.5 Å². The molecule has 3 aromatic carbocycles. The number of aromatic amines is 1. The number of allylic oxidation sites excluding steroid dienone is 1. The quantitative estimate of drug-likeness (QED) is 0.269. The first kappa shape index (κ1) is 22.0. The number of benzene rings is 3. The fourth-order valence-electron chi connectivity index (χ4n) is 3.83. The molecule has 7 heteroatoms. The Kier molecular flexibility index (Phi) is 5.93. The Labute approximate surface area is 206 Å². The molecule has 34 heavy (non-hydrogen) atoms. The van der Waals surface area contributed by atoms with Gasteiger partial charge >= 0.3 is 0 Å². The van der Waals surface area contributed by atoms with Crippen LogP contribution in [0, 0.1) is 18.3 Å². The van der Waals surface area contributed by atoms with Gasteiger partial charge < -0.3 is 4.98 Å². The zero-order valence-electron chi connectivity index (χ0n) is 18.3. The number of rotatable bonds is 5. The second-order valence-electron chi connectivity index (χ2n) is 8.01. The van der Waals surface area contributed by atoms with E-state index in [1.54, 1.807) is 6.07 Å². The van der Waals surface area contributed by atoms with Crippen LogP contribution in [0.3, 0.4) is 0 Å². The molecule has 5 aromatic rings. The average Bonchev–Trinajstić information content (AvgIpc) is 3.43. The predicted octanol–water partition coefficient (Wildman–Crippen LogP) is 7.15. The van der Waals surface area contributed by atoms with Crippen LogP contribution in [0.25, 0.3) is 33.9 Å². The van der Waals surface area contributed by atoms with Gasteiger partial charge in [-0.3, -0.25) is 4.68 Å². The van der Waals surface area contributed by atoms with E-state index in [-0.39, 0.29) is 0 Å². The molecule has 0 radical (unpaired) electrons. The molecule has 5 rings (SSSR count). The lowest BCUT2D eigenvalue weighted by Gasteiger charge is -2.05. The Hall–Kier alpha value is -3.85. The molecule has 1 N–H and O–H groups in total. The minimum absolute atomic E-state index is 0.426. The maximum Gasteiger partial charge on any atom is 0.149 e. The van der Waals surface area contributed by atoms with Crippen molar-refractivity contribution in [3.8, 4) is 17.3 Å². The van der Waals surface area contributed by atoms with Crippen LogP contribution in [-0.2, 0) is 6.54 Å². The van der Waals surface area contributed by atoms with Crippen LogP contribution in [-0.4, -0.2) is 19.7 Å². The van der Waals surface area contributed by atoms with Gasteiger partial charge in [-0.1, -0.05) is 65.7 Å². The second kappa shape index (κ2) is 9.18. The minimum atomic E-state index is 0.426. The number of hydrogen-bond acceptors (Lipinski definition) is 3. The fraction of sp³-hybridized carbons (Fsp3) is 0.0741. The third-order valence-corrected chi connectivity index (χ3v) is 6.08. The standard InChI is InChI=1S/C27H19Cl2N5/c1-17-7-10-24-25(11-17)32-27(31-24)20(14-30)12-21-16-34(15-19-8-9-22(28)13-23(19)29)33-26(21)18-5-3-2-4-6-18/h2-13,16H,15H2,1H3,(H,31,32). The van der Waals surface area contributed by atoms with Gasteiger partial charge in [0.25, 0.3) is 0 Å². The van der Waals surface area contributed by atoms with Gasteiger partial charge in [0.1, 0.15) is 11.9 Å². The molecule has 0 spiro atoms. The van der Waals surface area contributed by atoms with Gasteiger partial charge in [-0.2, -0.15) is 10.4 Å². The SMILES string of the molecule is Cc1ccc2nc(C(C#N)=Cc3cn(Cc4ccc(Cl)cc4Cl)nc3-c3ccccc3)[nH]c2c1. The predicted molar refractivity (Wildman–Crippen MR) is 138 cm³/mol. The largest absolute Gasteiger partial charge is 0.337 e. The van der Waals surface area contributed by atoms with E-state index in [1.165, 1.54) is 0 Å². The second-order valence-corrected chi connectivity index (χ2v) is 8.85. The van der Waals surface area contributed by atoms with Crippen molar-refractivity contribution in [2.75, 3.05) is 0 Å². The van der Waals surface area contributed by atoms with E-state index >= 15 is 0 Å². The number of H-pyrrole nitrogens is 1. The van der Waals surface area contributed by atoms with Crippen molar-refractivity contribution in [1.29, 1.82) is 5.26 Å². The van der Waals surface area contributed by atoms with Crippen molar-refractivity contribution in [1.82, 2.24) is 19.7 Å². The third-order valence-electron chi connectivity index (χ3n) is 5.50. The van der Waals surface area contributed by atoms with E-state index in [0.717, 1.165) is 39.0 Å². The molecular formula is C27H19Cl2N5. The van der Waals surface area contributed by atoms with Crippen LogP contribution in [0.1, 0.15) is 22.5 Å². The summed E-state index contributed by atoms with van der Waals surface area (Å²) < 4.78 is 1.82. The van der Waals surface area contributed by atoms with Crippen LogP contribution >= 0.6 is 23.2 Å². The monoisotopic (exact) mass is 483 g/mol. The van der Waals surface area contributed by atoms with E-state index in [4.69, 9.17) is 28.3 Å². The first-order chi connectivity index (χ1) is 16.5. The highest BCUT2D eigenvalue weighted by Gasteiger charge is 2.14. The molecule has 0 saturated carbocycles. The number of imidazole rings is 1. The Morgan fingerprint density at radius 2 is 1.91 bits per heavy atom. The van der Waals surface area contributed by atoms with Crippen LogP contribution in [0.15, 0.2) is 72.9 Å². The Balaban J connectivity index is 1.59. The summed E-state index contributed by atoms with van der Waals surface area (Å²) in [6.07, 6.45) is 3.73. The lowest BCUT2D eigenvalue weighted by atomic mass is 10.1. The number of nitriles is 1. The number of fused-ring (bicyclic) bond motifs is 1. The highest BCUT2D eigenvalue weighted by Crippen LogP contribution is 2.28. The molecule has 0 atom stereocenters. The van der Waals surface area contributed by atoms with Gasteiger partial charge in [0.05, 0.1) is 28.8 Å². The average molecular weight is 484 g/mol. The first-order valence-corrected chi connectivity index (χ1v) is 11.4.